The molecule has 2 aliphatic heterocycles. The first-order valence-corrected chi connectivity index (χ1v) is 8.30. The summed E-state index contributed by atoms with van der Waals surface area (Å²) in [5.74, 6) is 2.43. The van der Waals surface area contributed by atoms with Crippen molar-refractivity contribution in [2.45, 2.75) is 49.8 Å². The molecule has 2 saturated heterocycles. The molecule has 0 bridgehead atoms. The van der Waals surface area contributed by atoms with Crippen molar-refractivity contribution in [1.82, 2.24) is 4.90 Å². The van der Waals surface area contributed by atoms with Gasteiger partial charge in [-0.25, -0.2) is 4.79 Å². The van der Waals surface area contributed by atoms with Gasteiger partial charge in [-0.15, -0.1) is 23.5 Å². The van der Waals surface area contributed by atoms with Crippen LogP contribution in [0, 0.1) is 0 Å². The predicted molar refractivity (Wildman–Crippen MR) is 74.7 cm³/mol. The molecular weight excluding hydrogens is 254 g/mol. The lowest BCUT2D eigenvalue weighted by Crippen LogP contribution is -2.42. The van der Waals surface area contributed by atoms with Crippen LogP contribution in [-0.4, -0.2) is 45.3 Å². The fourth-order valence-corrected chi connectivity index (χ4v) is 5.43. The zero-order valence-electron chi connectivity index (χ0n) is 10.8. The molecule has 0 aromatic rings. The van der Waals surface area contributed by atoms with Crippen LogP contribution in [0.3, 0.4) is 0 Å². The highest BCUT2D eigenvalue weighted by atomic mass is 32.2. The zero-order chi connectivity index (χ0) is 12.5. The number of amides is 1. The number of ether oxygens (including phenoxy) is 1. The van der Waals surface area contributed by atoms with Crippen LogP contribution >= 0.6 is 23.5 Å². The average molecular weight is 275 g/mol. The van der Waals surface area contributed by atoms with Crippen molar-refractivity contribution in [2.24, 2.45) is 0 Å². The molecule has 0 aromatic heterocycles. The van der Waals surface area contributed by atoms with Crippen molar-refractivity contribution < 1.29 is 9.53 Å². The van der Waals surface area contributed by atoms with Crippen LogP contribution in [0.2, 0.25) is 0 Å². The van der Waals surface area contributed by atoms with Crippen LogP contribution < -0.4 is 0 Å². The summed E-state index contributed by atoms with van der Waals surface area (Å²) in [7, 11) is 0. The molecule has 0 N–H and O–H groups in total. The standard InChI is InChI=1S/C12H21NO2S2/c1-12(2,3)15-11(14)13-6-4-5-9(13)10-16-7-8-17-10/h9-10H,4-8H2,1-3H3. The van der Waals surface area contributed by atoms with Gasteiger partial charge in [-0.2, -0.15) is 0 Å². The number of hydrogen-bond donors (Lipinski definition) is 0. The lowest BCUT2D eigenvalue weighted by Gasteiger charge is -2.30. The molecule has 0 saturated carbocycles. The molecule has 1 unspecified atom stereocenters. The van der Waals surface area contributed by atoms with Gasteiger partial charge in [0.15, 0.2) is 0 Å². The lowest BCUT2D eigenvalue weighted by molar-refractivity contribution is 0.0237. The Labute approximate surface area is 112 Å². The number of carbonyl (C=O) groups excluding carboxylic acids is 1. The van der Waals surface area contributed by atoms with E-state index in [1.165, 1.54) is 11.5 Å². The number of rotatable bonds is 1. The van der Waals surface area contributed by atoms with Gasteiger partial charge in [0.1, 0.15) is 5.60 Å². The molecule has 98 valence electrons. The summed E-state index contributed by atoms with van der Waals surface area (Å²) in [6.07, 6.45) is 2.11. The predicted octanol–water partition coefficient (Wildman–Crippen LogP) is 3.19. The van der Waals surface area contributed by atoms with E-state index in [9.17, 15) is 4.79 Å². The fraction of sp³-hybridized carbons (Fsp3) is 0.917. The Bertz CT molecular complexity index is 285. The molecule has 0 radical (unpaired) electrons. The molecule has 1 atom stereocenters. The number of likely N-dealkylation sites (tertiary alicyclic amines) is 1. The minimum Gasteiger partial charge on any atom is -0.444 e. The van der Waals surface area contributed by atoms with Crippen LogP contribution in [0.5, 0.6) is 0 Å². The molecule has 0 aromatic carbocycles. The van der Waals surface area contributed by atoms with Crippen molar-refractivity contribution in [1.29, 1.82) is 0 Å². The maximum absolute atomic E-state index is 12.1. The highest BCUT2D eigenvalue weighted by Gasteiger charge is 2.38. The minimum atomic E-state index is -0.389. The Kier molecular flexibility index (Phi) is 4.18. The van der Waals surface area contributed by atoms with E-state index < -0.39 is 0 Å². The monoisotopic (exact) mass is 275 g/mol. The van der Waals surface area contributed by atoms with Crippen LogP contribution in [0.1, 0.15) is 33.6 Å². The first-order valence-electron chi connectivity index (χ1n) is 6.20. The van der Waals surface area contributed by atoms with Gasteiger partial charge in [-0.05, 0) is 33.6 Å². The summed E-state index contributed by atoms with van der Waals surface area (Å²) in [6.45, 7) is 6.64. The molecule has 0 aliphatic carbocycles. The van der Waals surface area contributed by atoms with Crippen LogP contribution in [-0.2, 0) is 4.74 Å². The Morgan fingerprint density at radius 1 is 1.29 bits per heavy atom. The number of thioether (sulfide) groups is 2. The number of nitrogens with zero attached hydrogens (tertiary/aromatic N) is 1. The third kappa shape index (κ3) is 3.47. The van der Waals surface area contributed by atoms with Gasteiger partial charge in [0.05, 0.1) is 10.6 Å². The van der Waals surface area contributed by atoms with E-state index in [0.29, 0.717) is 10.6 Å². The van der Waals surface area contributed by atoms with Crippen LogP contribution in [0.4, 0.5) is 4.79 Å². The summed E-state index contributed by atoms with van der Waals surface area (Å²) >= 11 is 3.98. The summed E-state index contributed by atoms with van der Waals surface area (Å²) < 4.78 is 6.04. The van der Waals surface area contributed by atoms with E-state index >= 15 is 0 Å². The minimum absolute atomic E-state index is 0.131. The number of hydrogen-bond acceptors (Lipinski definition) is 4. The third-order valence-electron chi connectivity index (χ3n) is 2.89. The van der Waals surface area contributed by atoms with E-state index in [2.05, 4.69) is 0 Å². The van der Waals surface area contributed by atoms with Gasteiger partial charge in [-0.3, -0.25) is 0 Å². The molecule has 1 amide bonds. The van der Waals surface area contributed by atoms with Gasteiger partial charge >= 0.3 is 6.09 Å². The normalized spacial score (nSPS) is 26.5. The number of carbonyl (C=O) groups is 1. The van der Waals surface area contributed by atoms with Gasteiger partial charge in [0, 0.05) is 18.1 Å². The van der Waals surface area contributed by atoms with Crippen LogP contribution in [0.15, 0.2) is 0 Å². The van der Waals surface area contributed by atoms with E-state index in [1.54, 1.807) is 0 Å². The molecule has 2 rings (SSSR count). The second kappa shape index (κ2) is 5.31. The second-order valence-corrected chi connectivity index (χ2v) is 8.29. The highest BCUT2D eigenvalue weighted by Crippen LogP contribution is 2.40. The van der Waals surface area contributed by atoms with Gasteiger partial charge < -0.3 is 9.64 Å². The largest absolute Gasteiger partial charge is 0.444 e. The van der Waals surface area contributed by atoms with Crippen molar-refractivity contribution >= 4 is 29.6 Å². The molecule has 17 heavy (non-hydrogen) atoms. The maximum Gasteiger partial charge on any atom is 0.410 e. The smallest absolute Gasteiger partial charge is 0.410 e. The average Bonchev–Trinajstić information content (AvgIpc) is 2.85. The summed E-state index contributed by atoms with van der Waals surface area (Å²) in [5.41, 5.74) is -0.389. The molecule has 2 aliphatic rings. The molecule has 2 heterocycles. The van der Waals surface area contributed by atoms with E-state index in [1.807, 2.05) is 49.2 Å². The van der Waals surface area contributed by atoms with Crippen molar-refractivity contribution in [2.75, 3.05) is 18.1 Å². The Hall–Kier alpha value is -0.0300. The van der Waals surface area contributed by atoms with Gasteiger partial charge in [0.25, 0.3) is 0 Å². The SMILES string of the molecule is CC(C)(C)OC(=O)N1CCCC1C1SCCS1. The van der Waals surface area contributed by atoms with Gasteiger partial charge in [-0.1, -0.05) is 0 Å². The third-order valence-corrected chi connectivity index (χ3v) is 6.13. The van der Waals surface area contributed by atoms with Crippen molar-refractivity contribution in [3.8, 4) is 0 Å². The van der Waals surface area contributed by atoms with Crippen LogP contribution in [0.25, 0.3) is 0 Å². The Morgan fingerprint density at radius 2 is 1.94 bits per heavy atom. The first kappa shape index (κ1) is 13.4. The summed E-state index contributed by atoms with van der Waals surface area (Å²) in [4.78, 5) is 14.1. The Balaban J connectivity index is 1.96. The second-order valence-electron chi connectivity index (χ2n) is 5.49. The van der Waals surface area contributed by atoms with Crippen molar-refractivity contribution in [3.05, 3.63) is 0 Å². The molecule has 3 nitrogen and oxygen atoms in total. The topological polar surface area (TPSA) is 29.5 Å². The zero-order valence-corrected chi connectivity index (χ0v) is 12.4. The molecule has 2 fully saturated rings. The summed E-state index contributed by atoms with van der Waals surface area (Å²) in [6, 6.07) is 0.377. The van der Waals surface area contributed by atoms with Gasteiger partial charge in [0.2, 0.25) is 0 Å². The molecule has 5 heteroatoms. The van der Waals surface area contributed by atoms with Crippen molar-refractivity contribution in [3.63, 3.8) is 0 Å². The molecule has 0 spiro atoms. The van der Waals surface area contributed by atoms with E-state index in [4.69, 9.17) is 4.74 Å². The van der Waals surface area contributed by atoms with E-state index in [-0.39, 0.29) is 11.7 Å². The quantitative estimate of drug-likeness (QED) is 0.735. The molecular formula is C12H21NO2S2. The highest BCUT2D eigenvalue weighted by molar-refractivity contribution is 8.20. The first-order chi connectivity index (χ1) is 7.97. The Morgan fingerprint density at radius 3 is 2.53 bits per heavy atom. The fourth-order valence-electron chi connectivity index (χ4n) is 2.22. The lowest BCUT2D eigenvalue weighted by atomic mass is 10.2. The maximum atomic E-state index is 12.1. The van der Waals surface area contributed by atoms with E-state index in [0.717, 1.165) is 19.4 Å². The summed E-state index contributed by atoms with van der Waals surface area (Å²) in [5, 5.41) is 0.